The Morgan fingerprint density at radius 2 is 1.74 bits per heavy atom. The Kier molecular flexibility index (Phi) is 8.38. The smallest absolute Gasteiger partial charge is 0.338 e. The number of benzene rings is 1. The molecule has 27 heavy (non-hydrogen) atoms. The van der Waals surface area contributed by atoms with Gasteiger partial charge in [0.2, 0.25) is 21.8 Å². The molecule has 0 fully saturated rings. The zero-order valence-corrected chi connectivity index (χ0v) is 16.6. The highest BCUT2D eigenvalue weighted by molar-refractivity contribution is 7.89. The number of carbonyl (C=O) groups excluding carboxylic acids is 3. The third-order valence-electron chi connectivity index (χ3n) is 3.35. The van der Waals surface area contributed by atoms with Crippen molar-refractivity contribution >= 4 is 27.8 Å². The summed E-state index contributed by atoms with van der Waals surface area (Å²) in [6, 6.07) is 5.10. The molecule has 0 bridgehead atoms. The summed E-state index contributed by atoms with van der Waals surface area (Å²) >= 11 is 0. The number of hydrogen-bond acceptors (Lipinski definition) is 6. The average Bonchev–Trinajstić information content (AvgIpc) is 2.59. The van der Waals surface area contributed by atoms with Gasteiger partial charge in [0.1, 0.15) is 0 Å². The quantitative estimate of drug-likeness (QED) is 0.569. The number of nitrogens with one attached hydrogen (secondary N) is 2. The lowest BCUT2D eigenvalue weighted by atomic mass is 10.2. The Bertz CT molecular complexity index is 774. The molecule has 0 aliphatic heterocycles. The molecule has 2 amide bonds. The molecule has 2 N–H and O–H groups in total. The van der Waals surface area contributed by atoms with Crippen molar-refractivity contribution < 1.29 is 27.5 Å². The highest BCUT2D eigenvalue weighted by atomic mass is 32.2. The maximum atomic E-state index is 12.3. The minimum absolute atomic E-state index is 0.0583. The fourth-order valence-corrected chi connectivity index (χ4v) is 3.01. The van der Waals surface area contributed by atoms with Crippen molar-refractivity contribution in [3.8, 4) is 0 Å². The van der Waals surface area contributed by atoms with Crippen molar-refractivity contribution in [3.05, 3.63) is 29.8 Å². The lowest BCUT2D eigenvalue weighted by Gasteiger charge is -2.18. The predicted octanol–water partition coefficient (Wildman–Crippen LogP) is 0.125. The second-order valence-corrected chi connectivity index (χ2v) is 7.81. The summed E-state index contributed by atoms with van der Waals surface area (Å²) in [5.74, 6) is -1.44. The maximum absolute atomic E-state index is 12.3. The van der Waals surface area contributed by atoms with Crippen molar-refractivity contribution in [3.63, 3.8) is 0 Å². The van der Waals surface area contributed by atoms with Crippen LogP contribution in [0.4, 0.5) is 0 Å². The van der Waals surface area contributed by atoms with E-state index in [1.165, 1.54) is 31.3 Å². The molecule has 1 aromatic carbocycles. The van der Waals surface area contributed by atoms with E-state index in [1.807, 2.05) is 0 Å². The Balaban J connectivity index is 2.65. The summed E-state index contributed by atoms with van der Waals surface area (Å²) in [7, 11) is -2.53. The van der Waals surface area contributed by atoms with Crippen LogP contribution in [0.5, 0.6) is 0 Å². The van der Waals surface area contributed by atoms with Gasteiger partial charge in [-0.2, -0.15) is 0 Å². The van der Waals surface area contributed by atoms with Crippen LogP contribution in [0.15, 0.2) is 29.2 Å². The van der Waals surface area contributed by atoms with E-state index in [1.54, 1.807) is 20.8 Å². The number of amides is 2. The molecule has 0 aromatic heterocycles. The molecular weight excluding hydrogens is 374 g/mol. The first-order chi connectivity index (χ1) is 12.6. The molecule has 150 valence electrons. The average molecular weight is 399 g/mol. The highest BCUT2D eigenvalue weighted by Gasteiger charge is 2.19. The minimum Gasteiger partial charge on any atom is -0.462 e. The Hall–Kier alpha value is -2.46. The topological polar surface area (TPSA) is 122 Å². The number of carbonyl (C=O) groups is 3. The van der Waals surface area contributed by atoms with E-state index in [9.17, 15) is 22.8 Å². The molecule has 0 atom stereocenters. The first-order valence-corrected chi connectivity index (χ1v) is 9.85. The summed E-state index contributed by atoms with van der Waals surface area (Å²) < 4.78 is 31.5. The molecule has 0 saturated carbocycles. The normalized spacial score (nSPS) is 11.1. The fraction of sp³-hybridized carbons (Fsp3) is 0.471. The fourth-order valence-electron chi connectivity index (χ4n) is 2.03. The van der Waals surface area contributed by atoms with Gasteiger partial charge in [0.25, 0.3) is 0 Å². The zero-order valence-electron chi connectivity index (χ0n) is 15.8. The van der Waals surface area contributed by atoms with Crippen molar-refractivity contribution in [2.75, 3.05) is 26.7 Å². The van der Waals surface area contributed by atoms with Gasteiger partial charge in [0, 0.05) is 13.1 Å². The van der Waals surface area contributed by atoms with Crippen molar-refractivity contribution in [2.24, 2.45) is 0 Å². The molecule has 0 aliphatic rings. The number of ether oxygens (including phenoxy) is 1. The van der Waals surface area contributed by atoms with Crippen molar-refractivity contribution in [2.45, 2.75) is 31.7 Å². The number of esters is 1. The number of likely N-dealkylation sites (N-methyl/N-ethyl adjacent to an activating group) is 1. The van der Waals surface area contributed by atoms with E-state index in [0.717, 1.165) is 4.90 Å². The van der Waals surface area contributed by atoms with Gasteiger partial charge in [-0.1, -0.05) is 0 Å². The van der Waals surface area contributed by atoms with Crippen molar-refractivity contribution in [1.82, 2.24) is 14.9 Å². The Morgan fingerprint density at radius 3 is 2.26 bits per heavy atom. The molecule has 1 rings (SSSR count). The molecule has 0 unspecified atom stereocenters. The monoisotopic (exact) mass is 399 g/mol. The van der Waals surface area contributed by atoms with Gasteiger partial charge in [0.05, 0.1) is 30.2 Å². The summed E-state index contributed by atoms with van der Waals surface area (Å²) in [5.41, 5.74) is 0.225. The standard InChI is InChI=1S/C17H25N3O6S/c1-5-26-17(23)13-6-8-14(9-7-13)27(24,25)18-10-16(22)20(4)11-15(21)19-12(2)3/h6-9,12,18H,5,10-11H2,1-4H3,(H,19,21). The van der Waals surface area contributed by atoms with E-state index < -0.39 is 28.4 Å². The Labute approximate surface area is 159 Å². The van der Waals surface area contributed by atoms with E-state index >= 15 is 0 Å². The molecule has 1 aromatic rings. The maximum Gasteiger partial charge on any atom is 0.338 e. The second-order valence-electron chi connectivity index (χ2n) is 6.04. The SMILES string of the molecule is CCOC(=O)c1ccc(S(=O)(=O)NCC(=O)N(C)CC(=O)NC(C)C)cc1. The van der Waals surface area contributed by atoms with Gasteiger partial charge in [-0.25, -0.2) is 17.9 Å². The summed E-state index contributed by atoms with van der Waals surface area (Å²) in [5, 5.41) is 2.64. The molecule has 0 saturated heterocycles. The molecule has 9 nitrogen and oxygen atoms in total. The Morgan fingerprint density at radius 1 is 1.15 bits per heavy atom. The van der Waals surface area contributed by atoms with Crippen LogP contribution in [0.1, 0.15) is 31.1 Å². The molecule has 0 spiro atoms. The summed E-state index contributed by atoms with van der Waals surface area (Å²) in [4.78, 5) is 36.3. The largest absolute Gasteiger partial charge is 0.462 e. The minimum atomic E-state index is -3.94. The van der Waals surface area contributed by atoms with Gasteiger partial charge >= 0.3 is 5.97 Å². The lowest BCUT2D eigenvalue weighted by Crippen LogP contribution is -2.44. The van der Waals surface area contributed by atoms with E-state index in [0.29, 0.717) is 0 Å². The highest BCUT2D eigenvalue weighted by Crippen LogP contribution is 2.11. The van der Waals surface area contributed by atoms with Crippen LogP contribution in [-0.4, -0.2) is 63.9 Å². The van der Waals surface area contributed by atoms with Crippen LogP contribution in [0.3, 0.4) is 0 Å². The van der Waals surface area contributed by atoms with E-state index in [4.69, 9.17) is 4.74 Å². The summed E-state index contributed by atoms with van der Waals surface area (Å²) in [6.45, 7) is 4.80. The van der Waals surface area contributed by atoms with Gasteiger partial charge in [-0.05, 0) is 45.0 Å². The number of rotatable bonds is 9. The molecule has 0 heterocycles. The lowest BCUT2D eigenvalue weighted by molar-refractivity contribution is -0.134. The van der Waals surface area contributed by atoms with Gasteiger partial charge in [-0.3, -0.25) is 9.59 Å². The van der Waals surface area contributed by atoms with Crippen LogP contribution < -0.4 is 10.0 Å². The molecule has 0 aliphatic carbocycles. The van der Waals surface area contributed by atoms with E-state index in [2.05, 4.69) is 10.0 Å². The molecular formula is C17H25N3O6S. The van der Waals surface area contributed by atoms with Gasteiger partial charge < -0.3 is 15.0 Å². The number of sulfonamides is 1. The zero-order chi connectivity index (χ0) is 20.6. The molecule has 10 heteroatoms. The number of nitrogens with zero attached hydrogens (tertiary/aromatic N) is 1. The second kappa shape index (κ2) is 10.0. The van der Waals surface area contributed by atoms with Crippen LogP contribution in [0, 0.1) is 0 Å². The van der Waals surface area contributed by atoms with Gasteiger partial charge in [-0.15, -0.1) is 0 Å². The van der Waals surface area contributed by atoms with Crippen LogP contribution in [0.25, 0.3) is 0 Å². The van der Waals surface area contributed by atoms with Crippen LogP contribution in [-0.2, 0) is 24.3 Å². The van der Waals surface area contributed by atoms with E-state index in [-0.39, 0.29) is 35.6 Å². The molecule has 0 radical (unpaired) electrons. The van der Waals surface area contributed by atoms with Crippen molar-refractivity contribution in [1.29, 1.82) is 0 Å². The van der Waals surface area contributed by atoms with Crippen LogP contribution in [0.2, 0.25) is 0 Å². The number of hydrogen-bond donors (Lipinski definition) is 2. The predicted molar refractivity (Wildman–Crippen MR) is 98.5 cm³/mol. The summed E-state index contributed by atoms with van der Waals surface area (Å²) in [6.07, 6.45) is 0. The van der Waals surface area contributed by atoms with Gasteiger partial charge in [0.15, 0.2) is 0 Å². The third kappa shape index (κ3) is 7.35. The van der Waals surface area contributed by atoms with Crippen LogP contribution >= 0.6 is 0 Å². The first-order valence-electron chi connectivity index (χ1n) is 8.37. The first kappa shape index (κ1) is 22.6. The third-order valence-corrected chi connectivity index (χ3v) is 4.76.